The van der Waals surface area contributed by atoms with Crippen LogP contribution in [0.4, 0.5) is 10.2 Å². The van der Waals surface area contributed by atoms with Crippen LogP contribution in [0.5, 0.6) is 0 Å². The Bertz CT molecular complexity index is 1450. The van der Waals surface area contributed by atoms with Crippen LogP contribution in [0.1, 0.15) is 75.7 Å². The number of halogens is 1. The smallest absolute Gasteiger partial charge is 0.158 e. The standard InChI is InChI=1S/C29H32FN7.C2H6.C2H2/c1-29(11-14-31-15-12-29)37-28-26-22(19-6-7-19)16-33-17-25(26)35-27(36-28)20-8-9-24(34-18-32-13-10-20)21-4-2-3-5-23(21)30;2*1-2/h2-5,9-10,13,16-17,19,31,34H,6-8,11-12,14-15,18H2,1H3,(H,35,36,37);1-2H3;1-2H/b20-10+,24-9-,32-13-;;. The van der Waals surface area contributed by atoms with Gasteiger partial charge in [0.1, 0.15) is 18.3 Å². The zero-order valence-electron chi connectivity index (χ0n) is 24.3. The van der Waals surface area contributed by atoms with Gasteiger partial charge in [0.25, 0.3) is 0 Å². The first-order chi connectivity index (χ1) is 20.1. The minimum atomic E-state index is -0.266. The number of benzene rings is 1. The van der Waals surface area contributed by atoms with Crippen molar-refractivity contribution < 1.29 is 4.39 Å². The van der Waals surface area contributed by atoms with Crippen LogP contribution in [-0.2, 0) is 0 Å². The lowest BCUT2D eigenvalue weighted by Crippen LogP contribution is -2.45. The minimum absolute atomic E-state index is 0.0516. The first-order valence-corrected chi connectivity index (χ1v) is 14.5. The fourth-order valence-corrected chi connectivity index (χ4v) is 5.17. The molecule has 0 atom stereocenters. The first kappa shape index (κ1) is 29.9. The van der Waals surface area contributed by atoms with Gasteiger partial charge in [0.05, 0.1) is 11.7 Å². The summed E-state index contributed by atoms with van der Waals surface area (Å²) in [6.07, 6.45) is 22.5. The molecule has 0 spiro atoms. The van der Waals surface area contributed by atoms with E-state index in [2.05, 4.69) is 45.7 Å². The molecule has 214 valence electrons. The van der Waals surface area contributed by atoms with Crippen molar-refractivity contribution in [3.8, 4) is 12.8 Å². The maximum atomic E-state index is 14.5. The number of terminal acetylenes is 1. The molecule has 1 saturated heterocycles. The van der Waals surface area contributed by atoms with Gasteiger partial charge < -0.3 is 16.0 Å². The second-order valence-corrected chi connectivity index (χ2v) is 10.4. The van der Waals surface area contributed by atoms with E-state index in [0.717, 1.165) is 48.2 Å². The Balaban J connectivity index is 0.000000929. The number of hydrogen-bond donors (Lipinski definition) is 3. The van der Waals surface area contributed by atoms with Crippen molar-refractivity contribution in [1.82, 2.24) is 25.6 Å². The summed E-state index contributed by atoms with van der Waals surface area (Å²) in [6, 6.07) is 6.78. The fraction of sp³-hybridized carbons (Fsp3) is 0.394. The third-order valence-electron chi connectivity index (χ3n) is 7.50. The van der Waals surface area contributed by atoms with Gasteiger partial charge in [-0.1, -0.05) is 32.1 Å². The summed E-state index contributed by atoms with van der Waals surface area (Å²) in [5.74, 6) is 1.78. The highest BCUT2D eigenvalue weighted by Gasteiger charge is 2.31. The summed E-state index contributed by atoms with van der Waals surface area (Å²) < 4.78 is 14.5. The van der Waals surface area contributed by atoms with Gasteiger partial charge in [0.2, 0.25) is 0 Å². The Morgan fingerprint density at radius 3 is 2.54 bits per heavy atom. The number of hydrogen-bond acceptors (Lipinski definition) is 7. The van der Waals surface area contributed by atoms with Gasteiger partial charge in [-0.3, -0.25) is 9.98 Å². The van der Waals surface area contributed by atoms with Gasteiger partial charge in [-0.05, 0) is 81.8 Å². The number of rotatable bonds is 5. The molecule has 2 fully saturated rings. The maximum absolute atomic E-state index is 14.5. The van der Waals surface area contributed by atoms with Crippen molar-refractivity contribution in [3.63, 3.8) is 0 Å². The van der Waals surface area contributed by atoms with Gasteiger partial charge in [-0.25, -0.2) is 14.4 Å². The van der Waals surface area contributed by atoms with Gasteiger partial charge in [0.15, 0.2) is 5.82 Å². The van der Waals surface area contributed by atoms with Crippen LogP contribution >= 0.6 is 0 Å². The lowest BCUT2D eigenvalue weighted by Gasteiger charge is -2.36. The normalized spacial score (nSPS) is 21.3. The number of nitrogens with zero attached hydrogens (tertiary/aromatic N) is 4. The van der Waals surface area contributed by atoms with E-state index in [-0.39, 0.29) is 11.4 Å². The lowest BCUT2D eigenvalue weighted by molar-refractivity contribution is 0.364. The van der Waals surface area contributed by atoms with Crippen LogP contribution < -0.4 is 16.0 Å². The van der Waals surface area contributed by atoms with E-state index in [1.165, 1.54) is 24.5 Å². The highest BCUT2D eigenvalue weighted by Crippen LogP contribution is 2.44. The molecule has 0 bridgehead atoms. The van der Waals surface area contributed by atoms with Gasteiger partial charge in [0, 0.05) is 40.2 Å². The molecule has 8 heteroatoms. The van der Waals surface area contributed by atoms with E-state index in [9.17, 15) is 4.39 Å². The molecule has 0 amide bonds. The first-order valence-electron chi connectivity index (χ1n) is 14.5. The Kier molecular flexibility index (Phi) is 10.2. The number of piperidine rings is 1. The van der Waals surface area contributed by atoms with E-state index < -0.39 is 0 Å². The molecule has 1 aromatic carbocycles. The fourth-order valence-electron chi connectivity index (χ4n) is 5.17. The van der Waals surface area contributed by atoms with Crippen molar-refractivity contribution in [1.29, 1.82) is 0 Å². The number of fused-ring (bicyclic) bond motifs is 1. The summed E-state index contributed by atoms with van der Waals surface area (Å²) in [7, 11) is 0. The van der Waals surface area contributed by atoms with Crippen LogP contribution in [-0.4, -0.2) is 46.5 Å². The molecule has 6 rings (SSSR count). The molecule has 0 unspecified atom stereocenters. The predicted octanol–water partition coefficient (Wildman–Crippen LogP) is 6.32. The highest BCUT2D eigenvalue weighted by atomic mass is 19.1. The minimum Gasteiger partial charge on any atom is -0.366 e. The quantitative estimate of drug-likeness (QED) is 0.321. The van der Waals surface area contributed by atoms with Crippen molar-refractivity contribution in [2.45, 2.75) is 64.3 Å². The van der Waals surface area contributed by atoms with Crippen LogP contribution in [0, 0.1) is 18.7 Å². The summed E-state index contributed by atoms with van der Waals surface area (Å²) >= 11 is 0. The summed E-state index contributed by atoms with van der Waals surface area (Å²) in [5.41, 5.74) is 4.19. The van der Waals surface area contributed by atoms with Crippen LogP contribution in [0.25, 0.3) is 22.2 Å². The van der Waals surface area contributed by atoms with Crippen molar-refractivity contribution in [3.05, 3.63) is 71.6 Å². The number of anilines is 1. The molecule has 0 radical (unpaired) electrons. The Labute approximate surface area is 242 Å². The van der Waals surface area contributed by atoms with E-state index in [0.29, 0.717) is 36.1 Å². The molecule has 41 heavy (non-hydrogen) atoms. The van der Waals surface area contributed by atoms with E-state index in [4.69, 9.17) is 9.97 Å². The van der Waals surface area contributed by atoms with E-state index in [1.807, 2.05) is 44.5 Å². The van der Waals surface area contributed by atoms with Crippen molar-refractivity contribution >= 4 is 34.2 Å². The maximum Gasteiger partial charge on any atom is 0.158 e. The average Bonchev–Trinajstić information content (AvgIpc) is 3.84. The molecule has 1 aliphatic carbocycles. The predicted molar refractivity (Wildman–Crippen MR) is 168 cm³/mol. The zero-order valence-corrected chi connectivity index (χ0v) is 24.3. The zero-order chi connectivity index (χ0) is 29.2. The van der Waals surface area contributed by atoms with Crippen molar-refractivity contribution in [2.24, 2.45) is 4.99 Å². The van der Waals surface area contributed by atoms with Gasteiger partial charge in [-0.2, -0.15) is 0 Å². The van der Waals surface area contributed by atoms with E-state index in [1.54, 1.807) is 18.3 Å². The van der Waals surface area contributed by atoms with Crippen LogP contribution in [0.2, 0.25) is 0 Å². The molecule has 7 nitrogen and oxygen atoms in total. The molecule has 1 saturated carbocycles. The van der Waals surface area contributed by atoms with E-state index >= 15 is 0 Å². The monoisotopic (exact) mass is 553 g/mol. The molecule has 3 aliphatic rings. The SMILES string of the molecule is C#C.CC.CC1(Nc2nc(/C3=C/C=N\CN/C(c4ccccc4F)=C\C3)nc3cncc(C4CC4)c23)CCNCC1. The Hall–Kier alpha value is -4.09. The summed E-state index contributed by atoms with van der Waals surface area (Å²) in [4.78, 5) is 19.1. The number of aliphatic imine (C=N–C) groups is 1. The molecule has 4 heterocycles. The number of aromatic nitrogens is 3. The third kappa shape index (κ3) is 7.17. The Morgan fingerprint density at radius 1 is 1.05 bits per heavy atom. The molecule has 3 aromatic rings. The number of nitrogens with one attached hydrogen (secondary N) is 3. The van der Waals surface area contributed by atoms with Crippen LogP contribution in [0.3, 0.4) is 0 Å². The summed E-state index contributed by atoms with van der Waals surface area (Å²) in [6.45, 7) is 8.60. The summed E-state index contributed by atoms with van der Waals surface area (Å²) in [5, 5.41) is 11.6. The second-order valence-electron chi connectivity index (χ2n) is 10.4. The molecular formula is C33H40FN7. The molecule has 3 N–H and O–H groups in total. The number of pyridine rings is 1. The number of allylic oxidation sites excluding steroid dienone is 3. The lowest BCUT2D eigenvalue weighted by atomic mass is 9.90. The second kappa shape index (κ2) is 14.0. The topological polar surface area (TPSA) is 87.1 Å². The molecule has 2 aromatic heterocycles. The molecular weight excluding hydrogens is 513 g/mol. The van der Waals surface area contributed by atoms with Gasteiger partial charge >= 0.3 is 0 Å². The largest absolute Gasteiger partial charge is 0.366 e. The Morgan fingerprint density at radius 2 is 1.80 bits per heavy atom. The molecule has 2 aliphatic heterocycles. The average molecular weight is 554 g/mol. The highest BCUT2D eigenvalue weighted by molar-refractivity contribution is 5.94. The van der Waals surface area contributed by atoms with Gasteiger partial charge in [-0.15, -0.1) is 12.8 Å². The van der Waals surface area contributed by atoms with Crippen molar-refractivity contribution in [2.75, 3.05) is 25.1 Å². The third-order valence-corrected chi connectivity index (χ3v) is 7.50. The van der Waals surface area contributed by atoms with Crippen LogP contribution in [0.15, 0.2) is 53.8 Å².